The summed E-state index contributed by atoms with van der Waals surface area (Å²) in [5, 5.41) is 0. The Bertz CT molecular complexity index is 351. The molecule has 1 aliphatic heterocycles. The van der Waals surface area contributed by atoms with E-state index < -0.39 is 10.0 Å². The number of rotatable bonds is 5. The summed E-state index contributed by atoms with van der Waals surface area (Å²) in [4.78, 5) is 0. The van der Waals surface area contributed by atoms with Gasteiger partial charge in [0, 0.05) is 13.1 Å². The Balaban J connectivity index is 1.84. The van der Waals surface area contributed by atoms with Crippen LogP contribution >= 0.6 is 0 Å². The Morgan fingerprint density at radius 3 is 2.17 bits per heavy atom. The van der Waals surface area contributed by atoms with Crippen LogP contribution in [-0.4, -0.2) is 38.1 Å². The lowest BCUT2D eigenvalue weighted by Gasteiger charge is -2.38. The molecule has 2 aliphatic rings. The third kappa shape index (κ3) is 3.25. The summed E-state index contributed by atoms with van der Waals surface area (Å²) >= 11 is 0. The molecule has 0 atom stereocenters. The molecular weight excluding hydrogens is 248 g/mol. The van der Waals surface area contributed by atoms with E-state index in [9.17, 15) is 8.42 Å². The number of nitrogens with two attached hydrogens (primary N) is 1. The molecule has 0 radical (unpaired) electrons. The lowest BCUT2D eigenvalue weighted by molar-refractivity contribution is 0.160. The van der Waals surface area contributed by atoms with Crippen molar-refractivity contribution >= 4 is 10.0 Å². The van der Waals surface area contributed by atoms with Gasteiger partial charge in [-0.1, -0.05) is 12.8 Å². The van der Waals surface area contributed by atoms with Gasteiger partial charge in [0.25, 0.3) is 0 Å². The van der Waals surface area contributed by atoms with Gasteiger partial charge in [0.15, 0.2) is 0 Å². The molecule has 5 heteroatoms. The normalized spacial score (nSPS) is 24.7. The van der Waals surface area contributed by atoms with E-state index in [1.54, 1.807) is 4.31 Å². The highest BCUT2D eigenvalue weighted by Crippen LogP contribution is 2.46. The summed E-state index contributed by atoms with van der Waals surface area (Å²) in [5.41, 5.74) is 5.90. The predicted octanol–water partition coefficient (Wildman–Crippen LogP) is 1.71. The predicted molar refractivity (Wildman–Crippen MR) is 73.8 cm³/mol. The van der Waals surface area contributed by atoms with Crippen LogP contribution in [0.3, 0.4) is 0 Å². The van der Waals surface area contributed by atoms with Crippen molar-refractivity contribution in [1.82, 2.24) is 4.31 Å². The summed E-state index contributed by atoms with van der Waals surface area (Å²) < 4.78 is 26.0. The van der Waals surface area contributed by atoms with E-state index in [4.69, 9.17) is 5.73 Å². The summed E-state index contributed by atoms with van der Waals surface area (Å²) in [5.74, 6) is 0.275. The molecule has 0 aromatic carbocycles. The zero-order valence-electron chi connectivity index (χ0n) is 11.2. The maximum atomic E-state index is 12.1. The molecule has 2 fully saturated rings. The van der Waals surface area contributed by atoms with E-state index in [1.807, 2.05) is 0 Å². The van der Waals surface area contributed by atoms with Crippen molar-refractivity contribution in [1.29, 1.82) is 0 Å². The van der Waals surface area contributed by atoms with E-state index in [0.717, 1.165) is 32.4 Å². The summed E-state index contributed by atoms with van der Waals surface area (Å²) in [6.45, 7) is 2.06. The first kappa shape index (κ1) is 14.3. The molecule has 0 amide bonds. The minimum atomic E-state index is -3.02. The molecule has 4 nitrogen and oxygen atoms in total. The smallest absolute Gasteiger partial charge is 0.214 e. The zero-order valence-corrected chi connectivity index (χ0v) is 12.1. The lowest BCUT2D eigenvalue weighted by Crippen LogP contribution is -2.43. The molecular formula is C13H26N2O2S. The zero-order chi connectivity index (χ0) is 13.1. The van der Waals surface area contributed by atoms with Crippen LogP contribution in [0.2, 0.25) is 0 Å². The van der Waals surface area contributed by atoms with Crippen molar-refractivity contribution in [2.45, 2.75) is 51.4 Å². The number of piperidine rings is 1. The van der Waals surface area contributed by atoms with Gasteiger partial charge in [-0.15, -0.1) is 0 Å². The molecule has 0 aromatic rings. The van der Waals surface area contributed by atoms with Gasteiger partial charge >= 0.3 is 0 Å². The molecule has 2 rings (SSSR count). The van der Waals surface area contributed by atoms with Crippen LogP contribution in [0.15, 0.2) is 0 Å². The van der Waals surface area contributed by atoms with E-state index in [-0.39, 0.29) is 5.75 Å². The Labute approximate surface area is 111 Å². The fourth-order valence-corrected chi connectivity index (χ4v) is 4.99. The number of nitrogens with zero attached hydrogens (tertiary/aromatic N) is 1. The molecule has 0 bridgehead atoms. The first-order chi connectivity index (χ1) is 8.58. The highest BCUT2D eigenvalue weighted by molar-refractivity contribution is 7.89. The van der Waals surface area contributed by atoms with Gasteiger partial charge in [-0.2, -0.15) is 0 Å². The monoisotopic (exact) mass is 274 g/mol. The number of sulfonamides is 1. The lowest BCUT2D eigenvalue weighted by atomic mass is 9.78. The molecule has 1 aliphatic carbocycles. The van der Waals surface area contributed by atoms with Gasteiger partial charge in [-0.3, -0.25) is 0 Å². The first-order valence-corrected chi connectivity index (χ1v) is 8.87. The van der Waals surface area contributed by atoms with Crippen LogP contribution < -0.4 is 5.73 Å². The third-order valence-electron chi connectivity index (χ3n) is 4.70. The van der Waals surface area contributed by atoms with Crippen molar-refractivity contribution in [3.8, 4) is 0 Å². The topological polar surface area (TPSA) is 63.4 Å². The van der Waals surface area contributed by atoms with Crippen LogP contribution in [0, 0.1) is 5.41 Å². The molecule has 2 N–H and O–H groups in total. The Morgan fingerprint density at radius 2 is 1.61 bits per heavy atom. The maximum Gasteiger partial charge on any atom is 0.214 e. The van der Waals surface area contributed by atoms with Crippen LogP contribution in [0.4, 0.5) is 0 Å². The summed E-state index contributed by atoms with van der Waals surface area (Å²) in [6.07, 6.45) is 8.94. The molecule has 0 unspecified atom stereocenters. The largest absolute Gasteiger partial charge is 0.330 e. The number of hydrogen-bond donors (Lipinski definition) is 1. The van der Waals surface area contributed by atoms with E-state index in [2.05, 4.69) is 0 Å². The fraction of sp³-hybridized carbons (Fsp3) is 1.00. The van der Waals surface area contributed by atoms with Crippen LogP contribution in [0.1, 0.15) is 51.4 Å². The van der Waals surface area contributed by atoms with Gasteiger partial charge in [-0.05, 0) is 50.5 Å². The van der Waals surface area contributed by atoms with Crippen LogP contribution in [0.5, 0.6) is 0 Å². The Morgan fingerprint density at radius 1 is 1.00 bits per heavy atom. The molecule has 1 saturated carbocycles. The molecule has 1 saturated heterocycles. The number of unbranched alkanes of at least 4 members (excludes halogenated alkanes) is 1. The molecule has 1 spiro atoms. The van der Waals surface area contributed by atoms with Gasteiger partial charge in [-0.25, -0.2) is 12.7 Å². The second-order valence-electron chi connectivity index (χ2n) is 5.92. The van der Waals surface area contributed by atoms with E-state index in [1.165, 1.54) is 25.7 Å². The average Bonchev–Trinajstić information content (AvgIpc) is 2.78. The standard InChI is InChI=1S/C13H26N2O2S/c14-9-3-4-12-18(16,17)15-10-7-13(8-11-15)5-1-2-6-13/h1-12,14H2. The minimum Gasteiger partial charge on any atom is -0.330 e. The SMILES string of the molecule is NCCCCS(=O)(=O)N1CCC2(CCCC2)CC1. The summed E-state index contributed by atoms with van der Waals surface area (Å²) in [7, 11) is -3.02. The van der Waals surface area contributed by atoms with Gasteiger partial charge in [0.2, 0.25) is 10.0 Å². The second kappa shape index (κ2) is 5.88. The van der Waals surface area contributed by atoms with Gasteiger partial charge < -0.3 is 5.73 Å². The fourth-order valence-electron chi connectivity index (χ4n) is 3.42. The quantitative estimate of drug-likeness (QED) is 0.776. The Kier molecular flexibility index (Phi) is 4.67. The molecule has 0 aromatic heterocycles. The van der Waals surface area contributed by atoms with E-state index >= 15 is 0 Å². The van der Waals surface area contributed by atoms with Crippen LogP contribution in [0.25, 0.3) is 0 Å². The van der Waals surface area contributed by atoms with Gasteiger partial charge in [0.05, 0.1) is 5.75 Å². The van der Waals surface area contributed by atoms with Crippen molar-refractivity contribution in [3.63, 3.8) is 0 Å². The number of hydrogen-bond acceptors (Lipinski definition) is 3. The Hall–Kier alpha value is -0.130. The highest BCUT2D eigenvalue weighted by Gasteiger charge is 2.39. The second-order valence-corrected chi connectivity index (χ2v) is 8.01. The van der Waals surface area contributed by atoms with E-state index in [0.29, 0.717) is 18.4 Å². The highest BCUT2D eigenvalue weighted by atomic mass is 32.2. The van der Waals surface area contributed by atoms with Crippen molar-refractivity contribution in [2.75, 3.05) is 25.4 Å². The maximum absolute atomic E-state index is 12.1. The first-order valence-electron chi connectivity index (χ1n) is 7.26. The summed E-state index contributed by atoms with van der Waals surface area (Å²) in [6, 6.07) is 0. The van der Waals surface area contributed by atoms with Crippen molar-refractivity contribution in [2.24, 2.45) is 11.1 Å². The average molecular weight is 274 g/mol. The molecule has 1 heterocycles. The minimum absolute atomic E-state index is 0.275. The van der Waals surface area contributed by atoms with Crippen molar-refractivity contribution < 1.29 is 8.42 Å². The third-order valence-corrected chi connectivity index (χ3v) is 6.65. The van der Waals surface area contributed by atoms with Crippen LogP contribution in [-0.2, 0) is 10.0 Å². The molecule has 106 valence electrons. The van der Waals surface area contributed by atoms with Gasteiger partial charge in [0.1, 0.15) is 0 Å². The van der Waals surface area contributed by atoms with Crippen molar-refractivity contribution in [3.05, 3.63) is 0 Å². The molecule has 18 heavy (non-hydrogen) atoms.